The molecule has 3 nitrogen and oxygen atoms in total. The van der Waals surface area contributed by atoms with E-state index < -0.39 is 15.8 Å². The summed E-state index contributed by atoms with van der Waals surface area (Å²) in [7, 11) is -3.72. The van der Waals surface area contributed by atoms with E-state index in [0.29, 0.717) is 8.95 Å². The number of hydrogen-bond acceptors (Lipinski definition) is 2. The summed E-state index contributed by atoms with van der Waals surface area (Å²) in [5.41, 5.74) is 1.22. The van der Waals surface area contributed by atoms with Crippen molar-refractivity contribution in [2.24, 2.45) is 0 Å². The molecule has 20 heavy (non-hydrogen) atoms. The van der Waals surface area contributed by atoms with Crippen molar-refractivity contribution in [3.05, 3.63) is 56.7 Å². The van der Waals surface area contributed by atoms with Crippen LogP contribution >= 0.6 is 31.9 Å². The average Bonchev–Trinajstić information content (AvgIpc) is 2.34. The van der Waals surface area contributed by atoms with Crippen LogP contribution in [0.2, 0.25) is 0 Å². The van der Waals surface area contributed by atoms with Gasteiger partial charge in [-0.3, -0.25) is 4.72 Å². The molecule has 0 spiro atoms. The van der Waals surface area contributed by atoms with Crippen molar-refractivity contribution in [1.82, 2.24) is 0 Å². The molecule has 2 aromatic rings. The van der Waals surface area contributed by atoms with E-state index in [2.05, 4.69) is 36.6 Å². The van der Waals surface area contributed by atoms with E-state index in [0.717, 1.165) is 5.56 Å². The fraction of sp³-hybridized carbons (Fsp3) is 0.0769. The van der Waals surface area contributed by atoms with E-state index in [1.54, 1.807) is 12.1 Å². The molecule has 0 amide bonds. The Morgan fingerprint density at radius 2 is 1.55 bits per heavy atom. The lowest BCUT2D eigenvalue weighted by Gasteiger charge is -2.12. The number of benzene rings is 2. The van der Waals surface area contributed by atoms with Crippen LogP contribution in [0.4, 0.5) is 10.1 Å². The molecule has 0 atom stereocenters. The van der Waals surface area contributed by atoms with Crippen LogP contribution in [-0.4, -0.2) is 8.42 Å². The second kappa shape index (κ2) is 5.83. The molecule has 2 aromatic carbocycles. The van der Waals surface area contributed by atoms with Gasteiger partial charge in [0.1, 0.15) is 5.82 Å². The predicted octanol–water partition coefficient (Wildman–Crippen LogP) is 4.46. The van der Waals surface area contributed by atoms with Gasteiger partial charge in [-0.15, -0.1) is 0 Å². The summed E-state index contributed by atoms with van der Waals surface area (Å²) in [6.45, 7) is 1.87. The van der Waals surface area contributed by atoms with Crippen molar-refractivity contribution in [2.75, 3.05) is 4.72 Å². The molecular weight excluding hydrogens is 413 g/mol. The van der Waals surface area contributed by atoms with E-state index in [4.69, 9.17) is 0 Å². The first-order chi connectivity index (χ1) is 9.29. The third-order valence-corrected chi connectivity index (χ3v) is 5.19. The molecular formula is C13H10Br2FNO2S. The summed E-state index contributed by atoms with van der Waals surface area (Å²) < 4.78 is 40.8. The molecule has 0 heterocycles. The fourth-order valence-electron chi connectivity index (χ4n) is 1.55. The summed E-state index contributed by atoms with van der Waals surface area (Å²) in [6.07, 6.45) is 0. The maximum atomic E-state index is 13.2. The molecule has 0 aliphatic rings. The van der Waals surface area contributed by atoms with E-state index in [1.807, 2.05) is 6.92 Å². The highest BCUT2D eigenvalue weighted by Crippen LogP contribution is 2.33. The number of halogens is 3. The minimum Gasteiger partial charge on any atom is -0.277 e. The highest BCUT2D eigenvalue weighted by Gasteiger charge is 2.18. The molecule has 7 heteroatoms. The number of hydrogen-bond donors (Lipinski definition) is 1. The monoisotopic (exact) mass is 421 g/mol. The molecule has 2 rings (SSSR count). The van der Waals surface area contributed by atoms with Crippen LogP contribution in [0.3, 0.4) is 0 Å². The Labute approximate surface area is 133 Å². The smallest absolute Gasteiger partial charge is 0.261 e. The zero-order chi connectivity index (χ0) is 14.9. The normalized spacial score (nSPS) is 11.4. The largest absolute Gasteiger partial charge is 0.277 e. The number of sulfonamides is 1. The lowest BCUT2D eigenvalue weighted by atomic mass is 10.2. The molecule has 1 N–H and O–H groups in total. The second-order valence-electron chi connectivity index (χ2n) is 4.16. The minimum atomic E-state index is -3.72. The average molecular weight is 423 g/mol. The van der Waals surface area contributed by atoms with Crippen molar-refractivity contribution in [3.8, 4) is 0 Å². The van der Waals surface area contributed by atoms with E-state index in [9.17, 15) is 12.8 Å². The first-order valence-electron chi connectivity index (χ1n) is 5.53. The van der Waals surface area contributed by atoms with Crippen LogP contribution < -0.4 is 4.72 Å². The Kier molecular flexibility index (Phi) is 4.51. The minimum absolute atomic E-state index is 0.145. The quantitative estimate of drug-likeness (QED) is 0.793. The lowest BCUT2D eigenvalue weighted by molar-refractivity contribution is 0.601. The van der Waals surface area contributed by atoms with Gasteiger partial charge in [-0.25, -0.2) is 12.8 Å². The van der Waals surface area contributed by atoms with E-state index in [-0.39, 0.29) is 10.6 Å². The summed E-state index contributed by atoms with van der Waals surface area (Å²) in [5.74, 6) is -0.470. The van der Waals surface area contributed by atoms with Gasteiger partial charge in [0.05, 0.1) is 10.6 Å². The standard InChI is InChI=1S/C13H10Br2FNO2S/c1-8-2-4-10(5-3-8)20(18,19)17-13-11(14)6-9(16)7-12(13)15/h2-7,17H,1H3. The van der Waals surface area contributed by atoms with Crippen LogP contribution in [0, 0.1) is 12.7 Å². The summed E-state index contributed by atoms with van der Waals surface area (Å²) in [4.78, 5) is 0.145. The van der Waals surface area contributed by atoms with Crippen molar-refractivity contribution in [2.45, 2.75) is 11.8 Å². The predicted molar refractivity (Wildman–Crippen MR) is 83.8 cm³/mol. The van der Waals surface area contributed by atoms with Crippen LogP contribution in [0.5, 0.6) is 0 Å². The first kappa shape index (κ1) is 15.5. The molecule has 0 aliphatic carbocycles. The van der Waals surface area contributed by atoms with Gasteiger partial charge in [0, 0.05) is 8.95 Å². The number of rotatable bonds is 3. The van der Waals surface area contributed by atoms with Crippen molar-refractivity contribution >= 4 is 47.6 Å². The molecule has 0 radical (unpaired) electrons. The highest BCUT2D eigenvalue weighted by molar-refractivity contribution is 9.11. The summed E-state index contributed by atoms with van der Waals surface area (Å²) in [6, 6.07) is 8.84. The molecule has 0 aromatic heterocycles. The molecule has 0 bridgehead atoms. The van der Waals surface area contributed by atoms with Gasteiger partial charge >= 0.3 is 0 Å². The van der Waals surface area contributed by atoms with Gasteiger partial charge in [0.15, 0.2) is 0 Å². The van der Waals surface area contributed by atoms with Gasteiger partial charge < -0.3 is 0 Å². The summed E-state index contributed by atoms with van der Waals surface area (Å²) in [5, 5.41) is 0. The van der Waals surface area contributed by atoms with Crippen molar-refractivity contribution in [3.63, 3.8) is 0 Å². The Bertz CT molecular complexity index is 722. The van der Waals surface area contributed by atoms with Crippen LogP contribution in [-0.2, 0) is 10.0 Å². The first-order valence-corrected chi connectivity index (χ1v) is 8.60. The van der Waals surface area contributed by atoms with Crippen molar-refractivity contribution < 1.29 is 12.8 Å². The topological polar surface area (TPSA) is 46.2 Å². The van der Waals surface area contributed by atoms with Gasteiger partial charge in [0.25, 0.3) is 10.0 Å². The van der Waals surface area contributed by atoms with Gasteiger partial charge in [-0.1, -0.05) is 17.7 Å². The van der Waals surface area contributed by atoms with Crippen LogP contribution in [0.25, 0.3) is 0 Å². The van der Waals surface area contributed by atoms with Crippen LogP contribution in [0.15, 0.2) is 50.2 Å². The third kappa shape index (κ3) is 3.39. The lowest BCUT2D eigenvalue weighted by Crippen LogP contribution is -2.13. The number of anilines is 1. The summed E-state index contributed by atoms with van der Waals surface area (Å²) >= 11 is 6.28. The number of aryl methyl sites for hydroxylation is 1. The Morgan fingerprint density at radius 3 is 2.05 bits per heavy atom. The molecule has 0 fully saturated rings. The second-order valence-corrected chi connectivity index (χ2v) is 7.55. The van der Waals surface area contributed by atoms with E-state index in [1.165, 1.54) is 24.3 Å². The molecule has 106 valence electrons. The Balaban J connectivity index is 2.41. The maximum Gasteiger partial charge on any atom is 0.261 e. The van der Waals surface area contributed by atoms with Gasteiger partial charge in [-0.2, -0.15) is 0 Å². The molecule has 0 aliphatic heterocycles. The van der Waals surface area contributed by atoms with Crippen molar-refractivity contribution in [1.29, 1.82) is 0 Å². The third-order valence-electron chi connectivity index (χ3n) is 2.57. The zero-order valence-corrected chi connectivity index (χ0v) is 14.3. The Hall–Kier alpha value is -0.920. The molecule has 0 unspecified atom stereocenters. The molecule has 0 saturated heterocycles. The van der Waals surface area contributed by atoms with Crippen LogP contribution in [0.1, 0.15) is 5.56 Å². The zero-order valence-electron chi connectivity index (χ0n) is 10.3. The number of nitrogens with one attached hydrogen (secondary N) is 1. The van der Waals surface area contributed by atoms with Gasteiger partial charge in [0.2, 0.25) is 0 Å². The van der Waals surface area contributed by atoms with E-state index >= 15 is 0 Å². The Morgan fingerprint density at radius 1 is 1.05 bits per heavy atom. The maximum absolute atomic E-state index is 13.2. The highest BCUT2D eigenvalue weighted by atomic mass is 79.9. The van der Waals surface area contributed by atoms with Gasteiger partial charge in [-0.05, 0) is 63.0 Å². The SMILES string of the molecule is Cc1ccc(S(=O)(=O)Nc2c(Br)cc(F)cc2Br)cc1. The fourth-order valence-corrected chi connectivity index (χ4v) is 4.24. The molecule has 0 saturated carbocycles.